The van der Waals surface area contributed by atoms with Crippen molar-refractivity contribution in [1.82, 2.24) is 19.1 Å². The molecular weight excluding hydrogens is 299 g/mol. The molecule has 5 nitrogen and oxygen atoms in total. The third-order valence-electron chi connectivity index (χ3n) is 3.11. The lowest BCUT2D eigenvalue weighted by molar-refractivity contribution is 0.844. The standard InChI is InChI=1S/C13H10Cl2N4O/c1-18-6-16-10-12(18)17-11(19(2)13(10)20)8-4-3-7(14)5-9(8)15/h3-6H,1-2H3. The Bertz CT molecular complexity index is 882. The molecule has 0 aliphatic heterocycles. The van der Waals surface area contributed by atoms with Gasteiger partial charge >= 0.3 is 0 Å². The molecule has 0 spiro atoms. The number of fused-ring (bicyclic) bond motifs is 1. The Morgan fingerprint density at radius 3 is 2.65 bits per heavy atom. The van der Waals surface area contributed by atoms with Gasteiger partial charge in [0, 0.05) is 24.7 Å². The van der Waals surface area contributed by atoms with E-state index in [-0.39, 0.29) is 5.56 Å². The number of halogens is 2. The first kappa shape index (κ1) is 13.1. The minimum absolute atomic E-state index is 0.211. The van der Waals surface area contributed by atoms with Crippen LogP contribution in [0, 0.1) is 0 Å². The van der Waals surface area contributed by atoms with Crippen LogP contribution in [0.5, 0.6) is 0 Å². The average molecular weight is 309 g/mol. The van der Waals surface area contributed by atoms with Crippen LogP contribution in [-0.4, -0.2) is 19.1 Å². The summed E-state index contributed by atoms with van der Waals surface area (Å²) in [6.45, 7) is 0. The monoisotopic (exact) mass is 308 g/mol. The maximum absolute atomic E-state index is 12.3. The fraction of sp³-hybridized carbons (Fsp3) is 0.154. The van der Waals surface area contributed by atoms with Gasteiger partial charge in [-0.2, -0.15) is 0 Å². The number of aromatic nitrogens is 4. The molecule has 0 atom stereocenters. The molecule has 0 aliphatic carbocycles. The number of hydrogen-bond donors (Lipinski definition) is 0. The molecule has 2 heterocycles. The van der Waals surface area contributed by atoms with Gasteiger partial charge in [-0.3, -0.25) is 9.36 Å². The van der Waals surface area contributed by atoms with Gasteiger partial charge in [-0.1, -0.05) is 23.2 Å². The maximum atomic E-state index is 12.3. The van der Waals surface area contributed by atoms with E-state index < -0.39 is 0 Å². The molecule has 3 aromatic rings. The number of aryl methyl sites for hydroxylation is 1. The molecule has 3 rings (SSSR count). The van der Waals surface area contributed by atoms with Gasteiger partial charge in [0.05, 0.1) is 11.3 Å². The van der Waals surface area contributed by atoms with Crippen LogP contribution in [-0.2, 0) is 14.1 Å². The van der Waals surface area contributed by atoms with Crippen molar-refractivity contribution in [3.8, 4) is 11.4 Å². The molecule has 20 heavy (non-hydrogen) atoms. The second-order valence-corrected chi connectivity index (χ2v) is 5.30. The van der Waals surface area contributed by atoms with Crippen molar-refractivity contribution in [3.63, 3.8) is 0 Å². The Hall–Kier alpha value is -1.85. The number of imidazole rings is 1. The molecule has 0 unspecified atom stereocenters. The van der Waals surface area contributed by atoms with Crippen molar-refractivity contribution in [2.45, 2.75) is 0 Å². The fourth-order valence-electron chi connectivity index (χ4n) is 2.05. The fourth-order valence-corrected chi connectivity index (χ4v) is 2.54. The zero-order chi connectivity index (χ0) is 14.4. The largest absolute Gasteiger partial charge is 0.318 e. The normalized spacial score (nSPS) is 11.2. The van der Waals surface area contributed by atoms with Gasteiger partial charge < -0.3 is 4.57 Å². The van der Waals surface area contributed by atoms with E-state index in [4.69, 9.17) is 23.2 Å². The highest BCUT2D eigenvalue weighted by Crippen LogP contribution is 2.28. The van der Waals surface area contributed by atoms with Crippen molar-refractivity contribution < 1.29 is 0 Å². The molecule has 0 radical (unpaired) electrons. The molecule has 0 N–H and O–H groups in total. The van der Waals surface area contributed by atoms with E-state index >= 15 is 0 Å². The van der Waals surface area contributed by atoms with Gasteiger partial charge in [0.2, 0.25) is 0 Å². The number of nitrogens with zero attached hydrogens (tertiary/aromatic N) is 4. The molecule has 2 aromatic heterocycles. The quantitative estimate of drug-likeness (QED) is 0.694. The SMILES string of the molecule is Cn1c(-c2ccc(Cl)cc2Cl)nc2c(ncn2C)c1=O. The van der Waals surface area contributed by atoms with E-state index in [9.17, 15) is 4.79 Å². The predicted octanol–water partition coefficient (Wildman–Crippen LogP) is 2.64. The van der Waals surface area contributed by atoms with Gasteiger partial charge in [-0.15, -0.1) is 0 Å². The molecule has 7 heteroatoms. The lowest BCUT2D eigenvalue weighted by Crippen LogP contribution is -2.20. The van der Waals surface area contributed by atoms with Crippen molar-refractivity contribution >= 4 is 34.4 Å². The van der Waals surface area contributed by atoms with E-state index in [1.54, 1.807) is 43.2 Å². The summed E-state index contributed by atoms with van der Waals surface area (Å²) in [5.41, 5.74) is 1.30. The summed E-state index contributed by atoms with van der Waals surface area (Å²) in [4.78, 5) is 20.8. The van der Waals surface area contributed by atoms with Crippen LogP contribution >= 0.6 is 23.2 Å². The number of hydrogen-bond acceptors (Lipinski definition) is 3. The van der Waals surface area contributed by atoms with Crippen molar-refractivity contribution in [2.75, 3.05) is 0 Å². The highest BCUT2D eigenvalue weighted by molar-refractivity contribution is 6.36. The summed E-state index contributed by atoms with van der Waals surface area (Å²) in [6, 6.07) is 5.08. The van der Waals surface area contributed by atoms with Crippen LogP contribution in [0.2, 0.25) is 10.0 Å². The van der Waals surface area contributed by atoms with Crippen LogP contribution < -0.4 is 5.56 Å². The van der Waals surface area contributed by atoms with E-state index in [0.29, 0.717) is 32.6 Å². The molecule has 0 saturated carbocycles. The topological polar surface area (TPSA) is 52.7 Å². The van der Waals surface area contributed by atoms with E-state index in [1.165, 1.54) is 4.57 Å². The lowest BCUT2D eigenvalue weighted by Gasteiger charge is -2.09. The van der Waals surface area contributed by atoms with E-state index in [1.807, 2.05) is 0 Å². The molecule has 0 bridgehead atoms. The first-order chi connectivity index (χ1) is 9.49. The Balaban J connectivity index is 2.39. The second kappa shape index (κ2) is 4.61. The summed E-state index contributed by atoms with van der Waals surface area (Å²) in [6.07, 6.45) is 1.56. The Labute approximate surface area is 124 Å². The lowest BCUT2D eigenvalue weighted by atomic mass is 10.2. The van der Waals surface area contributed by atoms with Crippen LogP contribution in [0.15, 0.2) is 29.3 Å². The summed E-state index contributed by atoms with van der Waals surface area (Å²) >= 11 is 12.1. The highest BCUT2D eigenvalue weighted by atomic mass is 35.5. The third-order valence-corrected chi connectivity index (χ3v) is 3.66. The summed E-state index contributed by atoms with van der Waals surface area (Å²) < 4.78 is 3.13. The molecule has 0 amide bonds. The van der Waals surface area contributed by atoms with Gasteiger partial charge in [-0.05, 0) is 18.2 Å². The van der Waals surface area contributed by atoms with Crippen LogP contribution in [0.3, 0.4) is 0 Å². The van der Waals surface area contributed by atoms with Crippen molar-refractivity contribution in [3.05, 3.63) is 44.9 Å². The zero-order valence-electron chi connectivity index (χ0n) is 10.8. The Morgan fingerprint density at radius 2 is 1.95 bits per heavy atom. The third kappa shape index (κ3) is 1.90. The van der Waals surface area contributed by atoms with Gasteiger partial charge in [-0.25, -0.2) is 9.97 Å². The van der Waals surface area contributed by atoms with Crippen molar-refractivity contribution in [1.29, 1.82) is 0 Å². The molecular formula is C13H10Cl2N4O. The number of benzene rings is 1. The van der Waals surface area contributed by atoms with Gasteiger partial charge in [0.25, 0.3) is 5.56 Å². The molecule has 0 saturated heterocycles. The number of rotatable bonds is 1. The second-order valence-electron chi connectivity index (χ2n) is 4.45. The summed E-state index contributed by atoms with van der Waals surface area (Å²) in [5, 5.41) is 0.979. The van der Waals surface area contributed by atoms with Gasteiger partial charge in [0.15, 0.2) is 11.2 Å². The van der Waals surface area contributed by atoms with Gasteiger partial charge in [0.1, 0.15) is 5.82 Å². The molecule has 102 valence electrons. The minimum Gasteiger partial charge on any atom is -0.318 e. The van der Waals surface area contributed by atoms with E-state index in [2.05, 4.69) is 9.97 Å². The smallest absolute Gasteiger partial charge is 0.281 e. The average Bonchev–Trinajstić information content (AvgIpc) is 2.76. The summed E-state index contributed by atoms with van der Waals surface area (Å²) in [5.74, 6) is 0.479. The Morgan fingerprint density at radius 1 is 1.20 bits per heavy atom. The minimum atomic E-state index is -0.211. The van der Waals surface area contributed by atoms with Crippen LogP contribution in [0.4, 0.5) is 0 Å². The van der Waals surface area contributed by atoms with E-state index in [0.717, 1.165) is 0 Å². The molecule has 0 aliphatic rings. The molecule has 1 aromatic carbocycles. The first-order valence-electron chi connectivity index (χ1n) is 5.82. The maximum Gasteiger partial charge on any atom is 0.281 e. The van der Waals surface area contributed by atoms with Crippen molar-refractivity contribution in [2.24, 2.45) is 14.1 Å². The van der Waals surface area contributed by atoms with Crippen LogP contribution in [0.1, 0.15) is 0 Å². The zero-order valence-corrected chi connectivity index (χ0v) is 12.3. The molecule has 0 fully saturated rings. The Kier molecular flexibility index (Phi) is 3.03. The highest BCUT2D eigenvalue weighted by Gasteiger charge is 2.15. The first-order valence-corrected chi connectivity index (χ1v) is 6.58. The predicted molar refractivity (Wildman–Crippen MR) is 79.2 cm³/mol. The summed E-state index contributed by atoms with van der Waals surface area (Å²) in [7, 11) is 3.43. The van der Waals surface area contributed by atoms with Crippen LogP contribution in [0.25, 0.3) is 22.6 Å².